The van der Waals surface area contributed by atoms with Gasteiger partial charge in [-0.15, -0.1) is 0 Å². The molecule has 0 unspecified atom stereocenters. The van der Waals surface area contributed by atoms with Gasteiger partial charge in [0.15, 0.2) is 0 Å². The summed E-state index contributed by atoms with van der Waals surface area (Å²) in [6.45, 7) is 3.14. The second-order valence-electron chi connectivity index (χ2n) is 5.90. The number of halogens is 4. The van der Waals surface area contributed by atoms with Crippen LogP contribution >= 0.6 is 11.6 Å². The van der Waals surface area contributed by atoms with Crippen LogP contribution in [0.25, 0.3) is 0 Å². The topological polar surface area (TPSA) is 49.4 Å². The van der Waals surface area contributed by atoms with Crippen molar-refractivity contribution in [3.8, 4) is 0 Å². The first-order valence-corrected chi connectivity index (χ1v) is 8.47. The van der Waals surface area contributed by atoms with E-state index in [-0.39, 0.29) is 24.7 Å². The Kier molecular flexibility index (Phi) is 6.49. The largest absolute Gasteiger partial charge is 0.417 e. The number of amides is 2. The van der Waals surface area contributed by atoms with E-state index in [1.54, 1.807) is 25.1 Å². The van der Waals surface area contributed by atoms with E-state index in [0.717, 1.165) is 22.6 Å². The van der Waals surface area contributed by atoms with Gasteiger partial charge in [0.2, 0.25) is 5.91 Å². The van der Waals surface area contributed by atoms with Gasteiger partial charge in [0.05, 0.1) is 10.6 Å². The maximum Gasteiger partial charge on any atom is 0.417 e. The van der Waals surface area contributed by atoms with Gasteiger partial charge in [-0.25, -0.2) is 0 Å². The molecule has 0 aliphatic heterocycles. The molecule has 2 amide bonds. The second kappa shape index (κ2) is 8.43. The third-order valence-corrected chi connectivity index (χ3v) is 4.29. The second-order valence-corrected chi connectivity index (χ2v) is 6.31. The molecule has 0 aliphatic carbocycles. The number of rotatable bonds is 5. The van der Waals surface area contributed by atoms with Gasteiger partial charge in [0, 0.05) is 31.3 Å². The van der Waals surface area contributed by atoms with Crippen molar-refractivity contribution in [3.05, 3.63) is 64.2 Å². The third kappa shape index (κ3) is 5.23. The number of anilines is 1. The summed E-state index contributed by atoms with van der Waals surface area (Å²) in [6.07, 6.45) is -4.63. The highest BCUT2D eigenvalue weighted by Gasteiger charge is 2.34. The fourth-order valence-electron chi connectivity index (χ4n) is 2.57. The number of carbonyl (C=O) groups is 2. The van der Waals surface area contributed by atoms with Gasteiger partial charge in [-0.3, -0.25) is 9.59 Å². The zero-order chi connectivity index (χ0) is 20.2. The number of nitrogens with zero attached hydrogens (tertiary/aromatic N) is 1. The molecule has 27 heavy (non-hydrogen) atoms. The van der Waals surface area contributed by atoms with Crippen LogP contribution in [0.1, 0.15) is 28.4 Å². The van der Waals surface area contributed by atoms with E-state index in [0.29, 0.717) is 5.56 Å². The quantitative estimate of drug-likeness (QED) is 0.809. The van der Waals surface area contributed by atoms with E-state index in [2.05, 4.69) is 5.32 Å². The number of carbonyl (C=O) groups excluding carboxylic acids is 2. The molecule has 0 aliphatic rings. The van der Waals surface area contributed by atoms with Crippen LogP contribution in [0.3, 0.4) is 0 Å². The first-order valence-electron chi connectivity index (χ1n) is 8.10. The first kappa shape index (κ1) is 20.8. The Hall–Kier alpha value is -2.54. The van der Waals surface area contributed by atoms with E-state index in [1.165, 1.54) is 13.0 Å². The lowest BCUT2D eigenvalue weighted by Crippen LogP contribution is -2.37. The first-order chi connectivity index (χ1) is 12.6. The van der Waals surface area contributed by atoms with Crippen molar-refractivity contribution in [3.63, 3.8) is 0 Å². The maximum absolute atomic E-state index is 13.0. The molecular formula is C19H18ClF3N2O2. The van der Waals surface area contributed by atoms with Crippen LogP contribution in [-0.4, -0.2) is 24.9 Å². The molecule has 2 aromatic rings. The predicted octanol–water partition coefficient (Wildman–Crippen LogP) is 4.45. The number of aryl methyl sites for hydroxylation is 1. The maximum atomic E-state index is 13.0. The fraction of sp³-hybridized carbons (Fsp3) is 0.263. The Balaban J connectivity index is 2.12. The smallest absolute Gasteiger partial charge is 0.350 e. The van der Waals surface area contributed by atoms with E-state index in [9.17, 15) is 22.8 Å². The molecule has 0 fully saturated rings. The van der Waals surface area contributed by atoms with Crippen LogP contribution in [0, 0.1) is 6.92 Å². The summed E-state index contributed by atoms with van der Waals surface area (Å²) in [6, 6.07) is 10.3. The predicted molar refractivity (Wildman–Crippen MR) is 98.0 cm³/mol. The van der Waals surface area contributed by atoms with Gasteiger partial charge in [-0.05, 0) is 36.8 Å². The molecular weight excluding hydrogens is 381 g/mol. The highest BCUT2D eigenvalue weighted by atomic mass is 35.5. The van der Waals surface area contributed by atoms with Crippen LogP contribution < -0.4 is 10.2 Å². The molecule has 8 heteroatoms. The van der Waals surface area contributed by atoms with Gasteiger partial charge in [0.1, 0.15) is 0 Å². The Labute approximate surface area is 159 Å². The zero-order valence-corrected chi connectivity index (χ0v) is 15.5. The van der Waals surface area contributed by atoms with E-state index in [1.807, 2.05) is 6.07 Å². The average molecular weight is 399 g/mol. The Morgan fingerprint density at radius 2 is 1.81 bits per heavy atom. The lowest BCUT2D eigenvalue weighted by atomic mass is 10.1. The molecule has 2 rings (SSSR count). The summed E-state index contributed by atoms with van der Waals surface area (Å²) in [4.78, 5) is 25.2. The highest BCUT2D eigenvalue weighted by Crippen LogP contribution is 2.36. The molecule has 0 radical (unpaired) electrons. The number of alkyl halides is 3. The molecule has 144 valence electrons. The molecule has 2 aromatic carbocycles. The van der Waals surface area contributed by atoms with Gasteiger partial charge in [-0.1, -0.05) is 29.8 Å². The molecule has 0 bridgehead atoms. The minimum atomic E-state index is -4.63. The van der Waals surface area contributed by atoms with Crippen molar-refractivity contribution >= 4 is 29.1 Å². The number of hydrogen-bond donors (Lipinski definition) is 1. The number of benzene rings is 2. The molecule has 0 saturated carbocycles. The van der Waals surface area contributed by atoms with Gasteiger partial charge < -0.3 is 10.2 Å². The minimum absolute atomic E-state index is 0.0197. The summed E-state index contributed by atoms with van der Waals surface area (Å²) in [5.74, 6) is -0.765. The van der Waals surface area contributed by atoms with Gasteiger partial charge >= 0.3 is 6.18 Å². The van der Waals surface area contributed by atoms with Crippen LogP contribution in [0.2, 0.25) is 5.02 Å². The number of hydrogen-bond acceptors (Lipinski definition) is 2. The Morgan fingerprint density at radius 3 is 2.41 bits per heavy atom. The molecule has 0 aromatic heterocycles. The molecule has 1 N–H and O–H groups in total. The Bertz CT molecular complexity index is 853. The standard InChI is InChI=1S/C19H18ClF3N2O2/c1-12-5-3-4-6-15(12)18(27)24-9-10-25(13(2)26)14-7-8-17(20)16(11-14)19(21,22)23/h3-8,11H,9-10H2,1-2H3,(H,24,27). The van der Waals surface area contributed by atoms with Crippen molar-refractivity contribution < 1.29 is 22.8 Å². The summed E-state index contributed by atoms with van der Waals surface area (Å²) in [5, 5.41) is 2.23. The van der Waals surface area contributed by atoms with Crippen molar-refractivity contribution in [2.24, 2.45) is 0 Å². The Morgan fingerprint density at radius 1 is 1.15 bits per heavy atom. The van der Waals surface area contributed by atoms with Crippen molar-refractivity contribution in [2.45, 2.75) is 20.0 Å². The third-order valence-electron chi connectivity index (χ3n) is 3.96. The highest BCUT2D eigenvalue weighted by molar-refractivity contribution is 6.31. The van der Waals surface area contributed by atoms with E-state index >= 15 is 0 Å². The normalized spacial score (nSPS) is 11.2. The molecule has 0 saturated heterocycles. The van der Waals surface area contributed by atoms with Crippen LogP contribution in [0.5, 0.6) is 0 Å². The van der Waals surface area contributed by atoms with Crippen LogP contribution in [-0.2, 0) is 11.0 Å². The van der Waals surface area contributed by atoms with Gasteiger partial charge in [-0.2, -0.15) is 13.2 Å². The molecule has 4 nitrogen and oxygen atoms in total. The summed E-state index contributed by atoms with van der Waals surface area (Å²) < 4.78 is 39.1. The zero-order valence-electron chi connectivity index (χ0n) is 14.7. The molecule has 0 atom stereocenters. The van der Waals surface area contributed by atoms with Crippen LogP contribution in [0.4, 0.5) is 18.9 Å². The van der Waals surface area contributed by atoms with Crippen molar-refractivity contribution in [1.82, 2.24) is 5.32 Å². The average Bonchev–Trinajstić information content (AvgIpc) is 2.58. The lowest BCUT2D eigenvalue weighted by Gasteiger charge is -2.23. The SMILES string of the molecule is CC(=O)N(CCNC(=O)c1ccccc1C)c1ccc(Cl)c(C(F)(F)F)c1. The van der Waals surface area contributed by atoms with Gasteiger partial charge in [0.25, 0.3) is 5.91 Å². The van der Waals surface area contributed by atoms with E-state index < -0.39 is 22.7 Å². The summed E-state index contributed by atoms with van der Waals surface area (Å²) >= 11 is 5.61. The fourth-order valence-corrected chi connectivity index (χ4v) is 2.80. The van der Waals surface area contributed by atoms with E-state index in [4.69, 9.17) is 11.6 Å². The van der Waals surface area contributed by atoms with Crippen molar-refractivity contribution in [2.75, 3.05) is 18.0 Å². The molecule has 0 spiro atoms. The van der Waals surface area contributed by atoms with Crippen LogP contribution in [0.15, 0.2) is 42.5 Å². The summed E-state index contributed by atoms with van der Waals surface area (Å²) in [5.41, 5.74) is 0.338. The monoisotopic (exact) mass is 398 g/mol. The van der Waals surface area contributed by atoms with Crippen molar-refractivity contribution in [1.29, 1.82) is 0 Å². The summed E-state index contributed by atoms with van der Waals surface area (Å²) in [7, 11) is 0. The lowest BCUT2D eigenvalue weighted by molar-refractivity contribution is -0.137. The minimum Gasteiger partial charge on any atom is -0.350 e. The number of nitrogens with one attached hydrogen (secondary N) is 1. The molecule has 0 heterocycles.